The summed E-state index contributed by atoms with van der Waals surface area (Å²) < 4.78 is 0. The zero-order valence-corrected chi connectivity index (χ0v) is 17.7. The molecule has 0 aromatic heterocycles. The molecule has 0 saturated heterocycles. The van der Waals surface area contributed by atoms with E-state index in [1.165, 1.54) is 6.92 Å². The zero-order valence-electron chi connectivity index (χ0n) is 17.7. The summed E-state index contributed by atoms with van der Waals surface area (Å²) in [5, 5.41) is 43.1. The first-order chi connectivity index (χ1) is 14.3. The molecule has 0 radical (unpaired) electrons. The number of aliphatic hydroxyl groups excluding tert-OH is 2. The predicted octanol–water partition coefficient (Wildman–Crippen LogP) is -2.86. The number of carbonyl (C=O) groups excluding carboxylic acids is 3. The molecule has 178 valence electrons. The first kappa shape index (κ1) is 28.2. The fourth-order valence-electron chi connectivity index (χ4n) is 2.43. The number of carboxylic acids is 2. The molecule has 6 unspecified atom stereocenters. The Morgan fingerprint density at radius 3 is 1.87 bits per heavy atom. The van der Waals surface area contributed by atoms with Crippen LogP contribution in [0.25, 0.3) is 0 Å². The largest absolute Gasteiger partial charge is 0.481 e. The standard InChI is InChI=1S/C18H32N4O9/c1-4-8(2)14(22-16(28)13(19)9(3)24)17(29)20-10(5-6-12(25)26)15(27)21-11(7-23)18(30)31/h8-11,13-14,23-24H,4-7,19H2,1-3H3,(H,20,29)(H,21,27)(H,22,28)(H,25,26)(H,30,31). The predicted molar refractivity (Wildman–Crippen MR) is 106 cm³/mol. The second-order valence-corrected chi connectivity index (χ2v) is 7.21. The molecule has 0 aliphatic rings. The van der Waals surface area contributed by atoms with E-state index in [4.69, 9.17) is 21.1 Å². The molecule has 0 rings (SSSR count). The number of carboxylic acid groups (broad SMARTS) is 2. The fourth-order valence-corrected chi connectivity index (χ4v) is 2.43. The molecule has 13 heteroatoms. The van der Waals surface area contributed by atoms with Crippen LogP contribution in [0.1, 0.15) is 40.0 Å². The minimum atomic E-state index is -1.65. The molecule has 0 bridgehead atoms. The van der Waals surface area contributed by atoms with Crippen LogP contribution in [0.2, 0.25) is 0 Å². The van der Waals surface area contributed by atoms with Gasteiger partial charge in [-0.2, -0.15) is 0 Å². The average Bonchev–Trinajstić information content (AvgIpc) is 2.70. The molecule has 0 fully saturated rings. The molecular formula is C18H32N4O9. The molecule has 0 aromatic carbocycles. The van der Waals surface area contributed by atoms with Crippen molar-refractivity contribution in [2.75, 3.05) is 6.61 Å². The van der Waals surface area contributed by atoms with Crippen LogP contribution >= 0.6 is 0 Å². The maximum atomic E-state index is 12.8. The number of rotatable bonds is 14. The van der Waals surface area contributed by atoms with E-state index in [1.807, 2.05) is 5.32 Å². The summed E-state index contributed by atoms with van der Waals surface area (Å²) in [7, 11) is 0. The molecule has 0 heterocycles. The molecule has 6 atom stereocenters. The Morgan fingerprint density at radius 1 is 0.903 bits per heavy atom. The van der Waals surface area contributed by atoms with Gasteiger partial charge in [-0.3, -0.25) is 19.2 Å². The monoisotopic (exact) mass is 448 g/mol. The Hall–Kier alpha value is -2.77. The van der Waals surface area contributed by atoms with Crippen molar-refractivity contribution in [2.45, 2.75) is 70.3 Å². The van der Waals surface area contributed by atoms with Gasteiger partial charge in [-0.05, 0) is 19.3 Å². The lowest BCUT2D eigenvalue weighted by atomic mass is 9.97. The Labute approximate surface area is 179 Å². The summed E-state index contributed by atoms with van der Waals surface area (Å²) in [6.45, 7) is 3.79. The van der Waals surface area contributed by atoms with Crippen molar-refractivity contribution in [1.29, 1.82) is 0 Å². The Kier molecular flexibility index (Phi) is 12.3. The number of aliphatic hydroxyl groups is 2. The molecule has 0 saturated carbocycles. The van der Waals surface area contributed by atoms with Gasteiger partial charge < -0.3 is 42.1 Å². The number of hydrogen-bond donors (Lipinski definition) is 8. The van der Waals surface area contributed by atoms with Crippen LogP contribution in [0.3, 0.4) is 0 Å². The lowest BCUT2D eigenvalue weighted by Gasteiger charge is -2.28. The van der Waals surface area contributed by atoms with E-state index < -0.39 is 78.9 Å². The van der Waals surface area contributed by atoms with Crippen molar-refractivity contribution in [3.05, 3.63) is 0 Å². The van der Waals surface area contributed by atoms with Crippen molar-refractivity contribution < 1.29 is 44.4 Å². The van der Waals surface area contributed by atoms with Crippen LogP contribution in [0.15, 0.2) is 0 Å². The first-order valence-corrected chi connectivity index (χ1v) is 9.75. The minimum Gasteiger partial charge on any atom is -0.481 e. The molecule has 0 aromatic rings. The summed E-state index contributed by atoms with van der Waals surface area (Å²) in [6.07, 6.45) is -1.61. The van der Waals surface area contributed by atoms with Gasteiger partial charge in [0.05, 0.1) is 12.7 Å². The Morgan fingerprint density at radius 2 is 1.45 bits per heavy atom. The second kappa shape index (κ2) is 13.5. The van der Waals surface area contributed by atoms with Gasteiger partial charge >= 0.3 is 11.9 Å². The number of hydrogen-bond acceptors (Lipinski definition) is 8. The summed E-state index contributed by atoms with van der Waals surface area (Å²) >= 11 is 0. The lowest BCUT2D eigenvalue weighted by molar-refractivity contribution is -0.144. The van der Waals surface area contributed by atoms with Crippen LogP contribution in [0, 0.1) is 5.92 Å². The van der Waals surface area contributed by atoms with Crippen LogP contribution < -0.4 is 21.7 Å². The van der Waals surface area contributed by atoms with Crippen molar-refractivity contribution in [1.82, 2.24) is 16.0 Å². The van der Waals surface area contributed by atoms with E-state index >= 15 is 0 Å². The minimum absolute atomic E-state index is 0.362. The Bertz CT molecular complexity index is 656. The third kappa shape index (κ3) is 9.72. The molecule has 13 nitrogen and oxygen atoms in total. The number of nitrogens with one attached hydrogen (secondary N) is 3. The van der Waals surface area contributed by atoms with Gasteiger partial charge in [0.15, 0.2) is 0 Å². The van der Waals surface area contributed by atoms with Gasteiger partial charge in [0.25, 0.3) is 0 Å². The van der Waals surface area contributed by atoms with Gasteiger partial charge in [-0.25, -0.2) is 4.79 Å². The van der Waals surface area contributed by atoms with Gasteiger partial charge in [-0.1, -0.05) is 20.3 Å². The van der Waals surface area contributed by atoms with Crippen LogP contribution in [-0.4, -0.2) is 87.0 Å². The molecule has 9 N–H and O–H groups in total. The van der Waals surface area contributed by atoms with Gasteiger partial charge in [0.1, 0.15) is 24.2 Å². The van der Waals surface area contributed by atoms with Crippen LogP contribution in [-0.2, 0) is 24.0 Å². The van der Waals surface area contributed by atoms with Crippen LogP contribution in [0.5, 0.6) is 0 Å². The van der Waals surface area contributed by atoms with E-state index in [1.54, 1.807) is 13.8 Å². The molecule has 31 heavy (non-hydrogen) atoms. The lowest BCUT2D eigenvalue weighted by Crippen LogP contribution is -2.59. The maximum absolute atomic E-state index is 12.8. The summed E-state index contributed by atoms with van der Waals surface area (Å²) in [5.74, 6) is -5.81. The molecule has 0 spiro atoms. The van der Waals surface area contributed by atoms with E-state index in [-0.39, 0.29) is 6.42 Å². The number of nitrogens with two attached hydrogens (primary N) is 1. The third-order valence-corrected chi connectivity index (χ3v) is 4.69. The van der Waals surface area contributed by atoms with Gasteiger partial charge in [0.2, 0.25) is 17.7 Å². The number of aliphatic carboxylic acids is 2. The fraction of sp³-hybridized carbons (Fsp3) is 0.722. The summed E-state index contributed by atoms with van der Waals surface area (Å²) in [4.78, 5) is 59.3. The summed E-state index contributed by atoms with van der Waals surface area (Å²) in [6, 6.07) is -5.54. The highest BCUT2D eigenvalue weighted by Crippen LogP contribution is 2.10. The van der Waals surface area contributed by atoms with Gasteiger partial charge in [0, 0.05) is 6.42 Å². The topological polar surface area (TPSA) is 228 Å². The smallest absolute Gasteiger partial charge is 0.328 e. The van der Waals surface area contributed by atoms with Crippen LogP contribution in [0.4, 0.5) is 0 Å². The highest BCUT2D eigenvalue weighted by atomic mass is 16.4. The highest BCUT2D eigenvalue weighted by Gasteiger charge is 2.33. The molecule has 3 amide bonds. The van der Waals surface area contributed by atoms with Crippen molar-refractivity contribution >= 4 is 29.7 Å². The molecule has 0 aliphatic carbocycles. The molecular weight excluding hydrogens is 416 g/mol. The van der Waals surface area contributed by atoms with E-state index in [9.17, 15) is 29.1 Å². The van der Waals surface area contributed by atoms with Gasteiger partial charge in [-0.15, -0.1) is 0 Å². The van der Waals surface area contributed by atoms with Crippen molar-refractivity contribution in [3.63, 3.8) is 0 Å². The van der Waals surface area contributed by atoms with Crippen molar-refractivity contribution in [3.8, 4) is 0 Å². The molecule has 0 aliphatic heterocycles. The van der Waals surface area contributed by atoms with E-state index in [0.717, 1.165) is 0 Å². The Balaban J connectivity index is 5.54. The number of amides is 3. The SMILES string of the molecule is CCC(C)C(NC(=O)C(N)C(C)O)C(=O)NC(CCC(=O)O)C(=O)NC(CO)C(=O)O. The second-order valence-electron chi connectivity index (χ2n) is 7.21. The zero-order chi connectivity index (χ0) is 24.3. The quantitative estimate of drug-likeness (QED) is 0.135. The number of carbonyl (C=O) groups is 5. The first-order valence-electron chi connectivity index (χ1n) is 9.75. The average molecular weight is 448 g/mol. The van der Waals surface area contributed by atoms with Crippen molar-refractivity contribution in [2.24, 2.45) is 11.7 Å². The summed E-state index contributed by atoms with van der Waals surface area (Å²) in [5.41, 5.74) is 5.58. The third-order valence-electron chi connectivity index (χ3n) is 4.69. The maximum Gasteiger partial charge on any atom is 0.328 e. The normalized spacial score (nSPS) is 16.7. The highest BCUT2D eigenvalue weighted by molar-refractivity contribution is 5.94. The van der Waals surface area contributed by atoms with E-state index in [0.29, 0.717) is 6.42 Å². The van der Waals surface area contributed by atoms with E-state index in [2.05, 4.69) is 10.6 Å².